The fraction of sp³-hybridized carbons (Fsp3) is 0.138. The molecular formula is C29H24FN7O. The van der Waals surface area contributed by atoms with Gasteiger partial charge in [0.15, 0.2) is 0 Å². The van der Waals surface area contributed by atoms with Crippen LogP contribution in [0, 0.1) is 5.82 Å². The van der Waals surface area contributed by atoms with E-state index in [1.807, 2.05) is 24.3 Å². The minimum atomic E-state index is -0.277. The fourth-order valence-electron chi connectivity index (χ4n) is 4.52. The normalized spacial score (nSPS) is 11.3. The minimum Gasteiger partial charge on any atom is -0.338 e. The van der Waals surface area contributed by atoms with Crippen molar-refractivity contribution in [2.45, 2.75) is 26.2 Å². The van der Waals surface area contributed by atoms with E-state index in [1.54, 1.807) is 36.9 Å². The number of halogens is 1. The van der Waals surface area contributed by atoms with E-state index in [-0.39, 0.29) is 11.7 Å². The predicted molar refractivity (Wildman–Crippen MR) is 146 cm³/mol. The Kier molecular flexibility index (Phi) is 6.09. The van der Waals surface area contributed by atoms with Gasteiger partial charge in [0, 0.05) is 35.2 Å². The van der Waals surface area contributed by atoms with E-state index in [9.17, 15) is 9.18 Å². The highest BCUT2D eigenvalue weighted by Gasteiger charge is 2.16. The third-order valence-electron chi connectivity index (χ3n) is 6.46. The summed E-state index contributed by atoms with van der Waals surface area (Å²) in [5.41, 5.74) is 6.98. The summed E-state index contributed by atoms with van der Waals surface area (Å²) in [5.74, 6) is -0.306. The van der Waals surface area contributed by atoms with E-state index in [1.165, 1.54) is 12.1 Å². The number of aromatic amines is 2. The van der Waals surface area contributed by atoms with Gasteiger partial charge in [0.05, 0.1) is 35.0 Å². The minimum absolute atomic E-state index is 0.0289. The Morgan fingerprint density at radius 2 is 1.84 bits per heavy atom. The zero-order chi connectivity index (χ0) is 26.1. The van der Waals surface area contributed by atoms with Gasteiger partial charge < -0.3 is 10.3 Å². The second kappa shape index (κ2) is 9.85. The number of amides is 1. The van der Waals surface area contributed by atoms with Gasteiger partial charge in [0.25, 0.3) is 0 Å². The molecule has 5 heterocycles. The first-order valence-electron chi connectivity index (χ1n) is 12.4. The van der Waals surface area contributed by atoms with E-state index in [4.69, 9.17) is 0 Å². The number of hydrogen-bond donors (Lipinski definition) is 3. The van der Waals surface area contributed by atoms with E-state index in [0.717, 1.165) is 57.2 Å². The summed E-state index contributed by atoms with van der Waals surface area (Å²) in [7, 11) is 0. The van der Waals surface area contributed by atoms with Crippen LogP contribution in [0.5, 0.6) is 0 Å². The van der Waals surface area contributed by atoms with Crippen molar-refractivity contribution in [3.05, 3.63) is 79.1 Å². The number of anilines is 1. The molecule has 0 fully saturated rings. The van der Waals surface area contributed by atoms with Crippen molar-refractivity contribution in [1.82, 2.24) is 30.1 Å². The second-order valence-electron chi connectivity index (χ2n) is 9.11. The molecule has 0 aliphatic heterocycles. The maximum absolute atomic E-state index is 13.5. The van der Waals surface area contributed by atoms with Gasteiger partial charge in [-0.25, -0.2) is 9.37 Å². The van der Waals surface area contributed by atoms with Gasteiger partial charge in [0.2, 0.25) is 5.91 Å². The Morgan fingerprint density at radius 3 is 2.68 bits per heavy atom. The first-order valence-corrected chi connectivity index (χ1v) is 12.4. The number of carbonyl (C=O) groups is 1. The van der Waals surface area contributed by atoms with Crippen LogP contribution in [0.15, 0.2) is 73.3 Å². The first kappa shape index (κ1) is 23.5. The summed E-state index contributed by atoms with van der Waals surface area (Å²) in [4.78, 5) is 28.9. The smallest absolute Gasteiger partial charge is 0.224 e. The molecule has 0 aliphatic carbocycles. The molecular weight excluding hydrogens is 481 g/mol. The zero-order valence-electron chi connectivity index (χ0n) is 20.6. The molecule has 0 bridgehead atoms. The highest BCUT2D eigenvalue weighted by Crippen LogP contribution is 2.34. The second-order valence-corrected chi connectivity index (χ2v) is 9.11. The molecule has 1 aromatic carbocycles. The number of fused-ring (bicyclic) bond motifs is 2. The summed E-state index contributed by atoms with van der Waals surface area (Å²) in [6.45, 7) is 2.05. The Bertz CT molecular complexity index is 1770. The molecule has 1 amide bonds. The topological polar surface area (TPSA) is 112 Å². The number of carbonyl (C=O) groups excluding carboxylic acids is 1. The number of unbranched alkanes of at least 4 members (excludes halogenated alkanes) is 1. The van der Waals surface area contributed by atoms with Crippen LogP contribution in [0.3, 0.4) is 0 Å². The van der Waals surface area contributed by atoms with Crippen LogP contribution >= 0.6 is 0 Å². The number of benzene rings is 1. The third-order valence-corrected chi connectivity index (χ3v) is 6.46. The van der Waals surface area contributed by atoms with E-state index < -0.39 is 0 Å². The van der Waals surface area contributed by atoms with Gasteiger partial charge in [-0.2, -0.15) is 5.10 Å². The summed E-state index contributed by atoms with van der Waals surface area (Å²) >= 11 is 0. The average Bonchev–Trinajstić information content (AvgIpc) is 3.56. The van der Waals surface area contributed by atoms with E-state index in [0.29, 0.717) is 23.4 Å². The maximum atomic E-state index is 13.5. The lowest BCUT2D eigenvalue weighted by atomic mass is 10.0. The zero-order valence-corrected chi connectivity index (χ0v) is 20.6. The molecule has 8 nitrogen and oxygen atoms in total. The van der Waals surface area contributed by atoms with Crippen molar-refractivity contribution < 1.29 is 9.18 Å². The molecule has 0 atom stereocenters. The van der Waals surface area contributed by atoms with E-state index >= 15 is 0 Å². The average molecular weight is 506 g/mol. The fourth-order valence-corrected chi connectivity index (χ4v) is 4.52. The van der Waals surface area contributed by atoms with Crippen LogP contribution in [0.4, 0.5) is 10.1 Å². The molecule has 0 radical (unpaired) electrons. The van der Waals surface area contributed by atoms with Crippen LogP contribution < -0.4 is 5.32 Å². The highest BCUT2D eigenvalue weighted by atomic mass is 19.1. The molecule has 0 unspecified atom stereocenters. The Hall–Kier alpha value is -4.92. The Labute approximate surface area is 217 Å². The van der Waals surface area contributed by atoms with Crippen molar-refractivity contribution in [2.24, 2.45) is 0 Å². The molecule has 6 aromatic rings. The van der Waals surface area contributed by atoms with Gasteiger partial charge in [-0.1, -0.05) is 25.5 Å². The molecule has 6 rings (SSSR count). The van der Waals surface area contributed by atoms with Crippen molar-refractivity contribution in [2.75, 3.05) is 5.32 Å². The van der Waals surface area contributed by atoms with Crippen LogP contribution in [-0.2, 0) is 4.79 Å². The summed E-state index contributed by atoms with van der Waals surface area (Å²) in [6.07, 6.45) is 9.09. The monoisotopic (exact) mass is 505 g/mol. The third kappa shape index (κ3) is 4.50. The number of nitrogens with one attached hydrogen (secondary N) is 3. The van der Waals surface area contributed by atoms with Gasteiger partial charge in [-0.15, -0.1) is 0 Å². The van der Waals surface area contributed by atoms with E-state index in [2.05, 4.69) is 42.4 Å². The molecule has 0 spiro atoms. The standard InChI is InChI=1S/C29H24FN7O/c1-2-3-4-27(38)34-20-11-18(14-31-15-20)24-13-23-26(16-33-24)36-37-28(23)25-12-22-21(9-10-32-29(22)35-25)17-5-7-19(30)8-6-17/h5-16H,2-4H2,1H3,(H,32,35)(H,34,38)(H,36,37). The molecule has 3 N–H and O–H groups in total. The molecule has 0 saturated carbocycles. The van der Waals surface area contributed by atoms with Crippen molar-refractivity contribution in [3.8, 4) is 33.8 Å². The van der Waals surface area contributed by atoms with Gasteiger partial charge in [0.1, 0.15) is 17.2 Å². The van der Waals surface area contributed by atoms with Crippen LogP contribution in [0.1, 0.15) is 26.2 Å². The SMILES string of the molecule is CCCCC(=O)Nc1cncc(-c2cc3c(-c4cc5c(-c6ccc(F)cc6)ccnc5[nH]4)n[nH]c3cn2)c1. The number of nitrogens with zero attached hydrogens (tertiary/aromatic N) is 4. The van der Waals surface area contributed by atoms with Crippen LogP contribution in [-0.4, -0.2) is 36.0 Å². The molecule has 9 heteroatoms. The lowest BCUT2D eigenvalue weighted by molar-refractivity contribution is -0.116. The van der Waals surface area contributed by atoms with Crippen molar-refractivity contribution in [3.63, 3.8) is 0 Å². The Balaban J connectivity index is 1.37. The van der Waals surface area contributed by atoms with Gasteiger partial charge in [-0.3, -0.25) is 19.9 Å². The molecule has 38 heavy (non-hydrogen) atoms. The molecule has 5 aromatic heterocycles. The Morgan fingerprint density at radius 1 is 0.974 bits per heavy atom. The largest absolute Gasteiger partial charge is 0.338 e. The van der Waals surface area contributed by atoms with Crippen molar-refractivity contribution in [1.29, 1.82) is 0 Å². The summed E-state index contributed by atoms with van der Waals surface area (Å²) < 4.78 is 13.5. The van der Waals surface area contributed by atoms with Crippen molar-refractivity contribution >= 4 is 33.5 Å². The number of rotatable bonds is 7. The first-order chi connectivity index (χ1) is 18.6. The predicted octanol–water partition coefficient (Wildman–Crippen LogP) is 6.50. The quantitative estimate of drug-likeness (QED) is 0.229. The number of hydrogen-bond acceptors (Lipinski definition) is 5. The lowest BCUT2D eigenvalue weighted by Gasteiger charge is -2.07. The maximum Gasteiger partial charge on any atom is 0.224 e. The van der Waals surface area contributed by atoms with Crippen LogP contribution in [0.2, 0.25) is 0 Å². The number of pyridine rings is 3. The summed E-state index contributed by atoms with van der Waals surface area (Å²) in [5, 5.41) is 12.3. The van der Waals surface area contributed by atoms with Crippen LogP contribution in [0.25, 0.3) is 55.7 Å². The lowest BCUT2D eigenvalue weighted by Crippen LogP contribution is -2.11. The number of H-pyrrole nitrogens is 2. The molecule has 0 aliphatic rings. The molecule has 0 saturated heterocycles. The highest BCUT2D eigenvalue weighted by molar-refractivity contribution is 6.00. The molecule has 188 valence electrons. The van der Waals surface area contributed by atoms with Gasteiger partial charge in [-0.05, 0) is 53.9 Å². The van der Waals surface area contributed by atoms with Gasteiger partial charge >= 0.3 is 0 Å². The number of aromatic nitrogens is 6. The summed E-state index contributed by atoms with van der Waals surface area (Å²) in [6, 6.07) is 14.2.